The zero-order valence-electron chi connectivity index (χ0n) is 18.0. The molecule has 1 aliphatic heterocycles. The molecule has 1 aromatic carbocycles. The topological polar surface area (TPSA) is 72.3 Å². The van der Waals surface area contributed by atoms with Gasteiger partial charge >= 0.3 is 6.18 Å². The van der Waals surface area contributed by atoms with E-state index in [1.54, 1.807) is 0 Å². The highest BCUT2D eigenvalue weighted by Crippen LogP contribution is 2.49. The van der Waals surface area contributed by atoms with Gasteiger partial charge in [-0.05, 0) is 47.9 Å². The maximum atomic E-state index is 14.3. The molecule has 3 aromatic rings. The summed E-state index contributed by atoms with van der Waals surface area (Å²) in [5.41, 5.74) is -5.33. The minimum absolute atomic E-state index is 0.0199. The second-order valence-electron chi connectivity index (χ2n) is 8.08. The molecule has 1 N–H and O–H groups in total. The van der Waals surface area contributed by atoms with Crippen LogP contribution in [0.5, 0.6) is 0 Å². The van der Waals surface area contributed by atoms with Gasteiger partial charge in [-0.1, -0.05) is 6.07 Å². The van der Waals surface area contributed by atoms with E-state index in [9.17, 15) is 36.2 Å². The third-order valence-electron chi connectivity index (χ3n) is 5.80. The van der Waals surface area contributed by atoms with Crippen LogP contribution in [0, 0.1) is 17.5 Å². The van der Waals surface area contributed by atoms with Crippen LogP contribution in [0.1, 0.15) is 34.5 Å². The molecule has 3 heterocycles. The normalized spacial score (nSPS) is 20.6. The molecular weight excluding hydrogens is 478 g/mol. The van der Waals surface area contributed by atoms with Crippen molar-refractivity contribution in [3.05, 3.63) is 83.1 Å². The van der Waals surface area contributed by atoms with Crippen LogP contribution in [0.25, 0.3) is 11.3 Å². The molecule has 1 saturated heterocycles. The number of hydrogen-bond donors (Lipinski definition) is 1. The quantitative estimate of drug-likeness (QED) is 0.401. The summed E-state index contributed by atoms with van der Waals surface area (Å²) in [6.07, 6.45) is -5.42. The van der Waals surface area contributed by atoms with Crippen molar-refractivity contribution in [2.75, 3.05) is 6.61 Å². The largest absolute Gasteiger partial charge is 0.421 e. The minimum Gasteiger partial charge on any atom is -0.393 e. The van der Waals surface area contributed by atoms with Gasteiger partial charge in [0.2, 0.25) is 0 Å². The number of hydrogen-bond acceptors (Lipinski definition) is 5. The Balaban J connectivity index is 1.73. The van der Waals surface area contributed by atoms with Gasteiger partial charge in [0.05, 0.1) is 18.3 Å². The van der Waals surface area contributed by atoms with E-state index in [1.807, 2.05) is 0 Å². The van der Waals surface area contributed by atoms with Gasteiger partial charge in [-0.15, -0.1) is 0 Å². The Morgan fingerprint density at radius 3 is 2.46 bits per heavy atom. The van der Waals surface area contributed by atoms with Crippen LogP contribution in [-0.4, -0.2) is 39.7 Å². The van der Waals surface area contributed by atoms with Gasteiger partial charge in [0.1, 0.15) is 28.8 Å². The number of ketones is 1. The lowest BCUT2D eigenvalue weighted by Crippen LogP contribution is -2.51. The van der Waals surface area contributed by atoms with Crippen LogP contribution in [0.3, 0.4) is 0 Å². The predicted octanol–water partition coefficient (Wildman–Crippen LogP) is 4.92. The predicted molar refractivity (Wildman–Crippen MR) is 111 cm³/mol. The number of halogens is 6. The van der Waals surface area contributed by atoms with Gasteiger partial charge in [-0.2, -0.15) is 13.2 Å². The summed E-state index contributed by atoms with van der Waals surface area (Å²) < 4.78 is 90.4. The van der Waals surface area contributed by atoms with E-state index in [4.69, 9.17) is 4.74 Å². The second kappa shape index (κ2) is 9.38. The third-order valence-corrected chi connectivity index (χ3v) is 5.80. The number of aliphatic hydroxyl groups excluding tert-OH is 1. The SMILES string of the molecule is O=C(Cc1cnccc1[C@@]1(C(F)(F)F)C[C@@H](O)CCO1)c1ccc(F)c(-c2c(F)cccc2F)n1. The number of Topliss-reactive ketones (excluding diaryl/α,β-unsaturated/α-hetero) is 1. The zero-order chi connectivity index (χ0) is 25.4. The maximum absolute atomic E-state index is 14.3. The highest BCUT2D eigenvalue weighted by Gasteiger charge is 2.60. The molecule has 1 aliphatic rings. The first-order valence-corrected chi connectivity index (χ1v) is 10.5. The van der Waals surface area contributed by atoms with Gasteiger partial charge < -0.3 is 9.84 Å². The lowest BCUT2D eigenvalue weighted by Gasteiger charge is -2.41. The number of aromatic nitrogens is 2. The fourth-order valence-electron chi connectivity index (χ4n) is 4.12. The van der Waals surface area contributed by atoms with E-state index in [0.29, 0.717) is 0 Å². The molecule has 35 heavy (non-hydrogen) atoms. The molecule has 0 spiro atoms. The van der Waals surface area contributed by atoms with Gasteiger partial charge in [-0.25, -0.2) is 18.2 Å². The number of alkyl halides is 3. The van der Waals surface area contributed by atoms with Crippen molar-refractivity contribution in [2.24, 2.45) is 0 Å². The molecule has 2 aromatic heterocycles. The summed E-state index contributed by atoms with van der Waals surface area (Å²) >= 11 is 0. The van der Waals surface area contributed by atoms with Crippen LogP contribution >= 0.6 is 0 Å². The van der Waals surface area contributed by atoms with Gasteiger partial charge in [0.25, 0.3) is 0 Å². The summed E-state index contributed by atoms with van der Waals surface area (Å²) in [4.78, 5) is 20.5. The van der Waals surface area contributed by atoms with Crippen LogP contribution < -0.4 is 0 Å². The molecule has 0 unspecified atom stereocenters. The average Bonchev–Trinajstić information content (AvgIpc) is 2.79. The maximum Gasteiger partial charge on any atom is 0.421 e. The zero-order valence-corrected chi connectivity index (χ0v) is 18.0. The first-order valence-electron chi connectivity index (χ1n) is 10.5. The smallest absolute Gasteiger partial charge is 0.393 e. The lowest BCUT2D eigenvalue weighted by atomic mass is 9.81. The van der Waals surface area contributed by atoms with Gasteiger partial charge in [0, 0.05) is 25.2 Å². The Kier molecular flexibility index (Phi) is 6.65. The number of benzene rings is 1. The summed E-state index contributed by atoms with van der Waals surface area (Å²) in [6.45, 7) is -0.354. The number of nitrogens with zero attached hydrogens (tertiary/aromatic N) is 2. The van der Waals surface area contributed by atoms with Crippen molar-refractivity contribution in [1.29, 1.82) is 0 Å². The van der Waals surface area contributed by atoms with Crippen molar-refractivity contribution < 1.29 is 41.0 Å². The van der Waals surface area contributed by atoms with Crippen molar-refractivity contribution in [1.82, 2.24) is 9.97 Å². The lowest BCUT2D eigenvalue weighted by molar-refractivity contribution is -0.306. The molecule has 5 nitrogen and oxygen atoms in total. The van der Waals surface area contributed by atoms with E-state index in [2.05, 4.69) is 9.97 Å². The summed E-state index contributed by atoms with van der Waals surface area (Å²) in [5, 5.41) is 9.96. The Bertz CT molecular complexity index is 1250. The molecule has 184 valence electrons. The van der Waals surface area contributed by atoms with Gasteiger partial charge in [0.15, 0.2) is 11.4 Å². The number of rotatable bonds is 5. The van der Waals surface area contributed by atoms with E-state index in [1.165, 1.54) is 0 Å². The summed E-state index contributed by atoms with van der Waals surface area (Å²) in [6, 6.07) is 5.69. The Labute approximate surface area is 195 Å². The van der Waals surface area contributed by atoms with Crippen LogP contribution in [-0.2, 0) is 16.8 Å². The fourth-order valence-corrected chi connectivity index (χ4v) is 4.12. The first-order chi connectivity index (χ1) is 16.5. The number of pyridine rings is 2. The van der Waals surface area contributed by atoms with Crippen molar-refractivity contribution in [3.63, 3.8) is 0 Å². The fraction of sp³-hybridized carbons (Fsp3) is 0.292. The second-order valence-corrected chi connectivity index (χ2v) is 8.08. The Hall–Kier alpha value is -3.31. The molecule has 4 rings (SSSR count). The number of carbonyl (C=O) groups is 1. The van der Waals surface area contributed by atoms with E-state index in [-0.39, 0.29) is 18.6 Å². The monoisotopic (exact) mass is 496 g/mol. The molecule has 0 amide bonds. The number of aliphatic hydroxyl groups is 1. The summed E-state index contributed by atoms with van der Waals surface area (Å²) in [7, 11) is 0. The average molecular weight is 496 g/mol. The Morgan fingerprint density at radius 2 is 1.80 bits per heavy atom. The highest BCUT2D eigenvalue weighted by molar-refractivity contribution is 5.96. The van der Waals surface area contributed by atoms with Crippen LogP contribution in [0.2, 0.25) is 0 Å². The van der Waals surface area contributed by atoms with E-state index in [0.717, 1.165) is 48.8 Å². The molecule has 1 fully saturated rings. The van der Waals surface area contributed by atoms with Crippen molar-refractivity contribution in [2.45, 2.75) is 37.1 Å². The first kappa shape index (κ1) is 24.8. The number of carbonyl (C=O) groups excluding carboxylic acids is 1. The van der Waals surface area contributed by atoms with Crippen LogP contribution in [0.15, 0.2) is 48.8 Å². The molecule has 2 atom stereocenters. The minimum atomic E-state index is -4.92. The third kappa shape index (κ3) is 4.65. The molecule has 0 saturated carbocycles. The van der Waals surface area contributed by atoms with Gasteiger partial charge in [-0.3, -0.25) is 9.78 Å². The standard InChI is InChI=1S/C24H18F6N2O3/c25-16-2-1-3-17(26)21(16)22-18(27)4-5-19(32-22)20(34)10-13-12-31-8-6-15(13)23(24(28,29)30)11-14(33)7-9-35-23/h1-6,8,12,14,33H,7,9-11H2/t14-,23+/m0/s1. The van der Waals surface area contributed by atoms with Crippen LogP contribution in [0.4, 0.5) is 26.3 Å². The molecular formula is C24H18F6N2O3. The van der Waals surface area contributed by atoms with Crippen molar-refractivity contribution in [3.8, 4) is 11.3 Å². The van der Waals surface area contributed by atoms with Crippen molar-refractivity contribution >= 4 is 5.78 Å². The molecule has 0 radical (unpaired) electrons. The summed E-state index contributed by atoms with van der Waals surface area (Å²) in [5.74, 6) is -4.13. The highest BCUT2D eigenvalue weighted by atomic mass is 19.4. The Morgan fingerprint density at radius 1 is 1.09 bits per heavy atom. The molecule has 0 bridgehead atoms. The number of ether oxygens (including phenoxy) is 1. The van der Waals surface area contributed by atoms with E-state index >= 15 is 0 Å². The van der Waals surface area contributed by atoms with E-state index < -0.39 is 76.5 Å². The molecule has 11 heteroatoms. The molecule has 0 aliphatic carbocycles.